The third-order valence-corrected chi connectivity index (χ3v) is 2.64. The molecule has 0 spiro atoms. The zero-order valence-electron chi connectivity index (χ0n) is 11.3. The maximum Gasteiger partial charge on any atom is 0.315 e. The molecule has 1 heterocycles. The second-order valence-corrected chi connectivity index (χ2v) is 4.35. The van der Waals surface area contributed by atoms with Crippen molar-refractivity contribution in [2.24, 2.45) is 0 Å². The van der Waals surface area contributed by atoms with Gasteiger partial charge in [0.25, 0.3) is 0 Å². The number of hydrogen-bond donors (Lipinski definition) is 2. The van der Waals surface area contributed by atoms with Gasteiger partial charge in [-0.3, -0.25) is 9.59 Å². The minimum atomic E-state index is -1.74. The number of carbonyl (C=O) groups excluding carboxylic acids is 2. The van der Waals surface area contributed by atoms with Crippen molar-refractivity contribution in [3.05, 3.63) is 53.5 Å². The van der Waals surface area contributed by atoms with E-state index in [0.717, 1.165) is 11.6 Å². The Balaban J connectivity index is 2.07. The van der Waals surface area contributed by atoms with Crippen LogP contribution in [0.5, 0.6) is 0 Å². The summed E-state index contributed by atoms with van der Waals surface area (Å²) in [6, 6.07) is 4.57. The molecule has 8 heteroatoms. The van der Waals surface area contributed by atoms with E-state index in [-0.39, 0.29) is 5.82 Å². The maximum atomic E-state index is 13.4. The molecule has 0 aliphatic heterocycles. The first kappa shape index (κ1) is 15.5. The van der Waals surface area contributed by atoms with Gasteiger partial charge in [0, 0.05) is 6.20 Å². The van der Waals surface area contributed by atoms with E-state index in [9.17, 15) is 22.8 Å². The van der Waals surface area contributed by atoms with E-state index in [4.69, 9.17) is 0 Å². The molecule has 5 nitrogen and oxygen atoms in total. The number of benzene rings is 1. The van der Waals surface area contributed by atoms with E-state index in [1.807, 2.05) is 5.32 Å². The van der Waals surface area contributed by atoms with Crippen molar-refractivity contribution < 1.29 is 22.8 Å². The summed E-state index contributed by atoms with van der Waals surface area (Å²) < 4.78 is 39.2. The molecule has 0 saturated heterocycles. The molecule has 0 saturated carbocycles. The number of nitrogens with zero attached hydrogens (tertiary/aromatic N) is 1. The highest BCUT2D eigenvalue weighted by molar-refractivity contribution is 6.43. The van der Waals surface area contributed by atoms with Gasteiger partial charge in [-0.15, -0.1) is 0 Å². The molecule has 114 valence electrons. The summed E-state index contributed by atoms with van der Waals surface area (Å²) in [5, 5.41) is 4.03. The topological polar surface area (TPSA) is 71.1 Å². The quantitative estimate of drug-likeness (QED) is 0.661. The fourth-order valence-electron chi connectivity index (χ4n) is 1.52. The average Bonchev–Trinajstić information content (AvgIpc) is 2.50. The fourth-order valence-corrected chi connectivity index (χ4v) is 1.52. The van der Waals surface area contributed by atoms with Gasteiger partial charge in [-0.2, -0.15) is 0 Å². The van der Waals surface area contributed by atoms with E-state index >= 15 is 0 Å². The molecule has 22 heavy (non-hydrogen) atoms. The number of aromatic nitrogens is 1. The highest BCUT2D eigenvalue weighted by Gasteiger charge is 2.19. The van der Waals surface area contributed by atoms with Gasteiger partial charge in [0.2, 0.25) is 0 Å². The fraction of sp³-hybridized carbons (Fsp3) is 0.0714. The van der Waals surface area contributed by atoms with E-state index in [1.54, 1.807) is 13.0 Å². The Bertz CT molecular complexity index is 733. The van der Waals surface area contributed by atoms with E-state index in [0.29, 0.717) is 6.07 Å². The third kappa shape index (κ3) is 3.40. The van der Waals surface area contributed by atoms with Crippen LogP contribution in [-0.2, 0) is 9.59 Å². The molecule has 2 aromatic rings. The minimum absolute atomic E-state index is 0.122. The Kier molecular flexibility index (Phi) is 4.40. The smallest absolute Gasteiger partial charge is 0.315 e. The Morgan fingerprint density at radius 3 is 2.27 bits per heavy atom. The van der Waals surface area contributed by atoms with Crippen LogP contribution in [0, 0.1) is 24.4 Å². The molecule has 2 rings (SSSR count). The Morgan fingerprint density at radius 1 is 0.955 bits per heavy atom. The molecule has 2 amide bonds. The normalized spacial score (nSPS) is 10.2. The monoisotopic (exact) mass is 309 g/mol. The second kappa shape index (κ2) is 6.25. The van der Waals surface area contributed by atoms with Gasteiger partial charge in [0.15, 0.2) is 17.5 Å². The van der Waals surface area contributed by atoms with Gasteiger partial charge >= 0.3 is 11.8 Å². The zero-order chi connectivity index (χ0) is 16.3. The molecule has 0 atom stereocenters. The number of nitrogens with one attached hydrogen (secondary N) is 2. The first-order valence-corrected chi connectivity index (χ1v) is 6.07. The molecule has 1 aromatic carbocycles. The van der Waals surface area contributed by atoms with Crippen LogP contribution in [0.15, 0.2) is 30.5 Å². The highest BCUT2D eigenvalue weighted by atomic mass is 19.2. The Labute approximate surface area is 123 Å². The number of halogens is 3. The van der Waals surface area contributed by atoms with Crippen LogP contribution in [0.1, 0.15) is 5.56 Å². The molecule has 0 radical (unpaired) electrons. The van der Waals surface area contributed by atoms with Crippen molar-refractivity contribution in [3.63, 3.8) is 0 Å². The van der Waals surface area contributed by atoms with Gasteiger partial charge in [0.05, 0.1) is 5.69 Å². The largest absolute Gasteiger partial charge is 0.315 e. The van der Waals surface area contributed by atoms with Crippen molar-refractivity contribution in [2.75, 3.05) is 10.6 Å². The molecular weight excluding hydrogens is 299 g/mol. The van der Waals surface area contributed by atoms with Crippen LogP contribution in [0.25, 0.3) is 0 Å². The van der Waals surface area contributed by atoms with E-state index in [1.165, 1.54) is 12.3 Å². The number of aryl methyl sites for hydroxylation is 1. The van der Waals surface area contributed by atoms with Gasteiger partial charge in [-0.1, -0.05) is 6.07 Å². The van der Waals surface area contributed by atoms with Crippen LogP contribution < -0.4 is 10.6 Å². The molecule has 0 unspecified atom stereocenters. The van der Waals surface area contributed by atoms with E-state index < -0.39 is 35.0 Å². The van der Waals surface area contributed by atoms with Crippen molar-refractivity contribution in [1.82, 2.24) is 4.98 Å². The number of carbonyl (C=O) groups is 2. The SMILES string of the molecule is Cc1ccc(NC(=O)C(=O)Nc2ccc(F)c(F)c2F)nc1. The van der Waals surface area contributed by atoms with Crippen LogP contribution in [0.4, 0.5) is 24.7 Å². The van der Waals surface area contributed by atoms with Gasteiger partial charge in [0.1, 0.15) is 5.82 Å². The summed E-state index contributed by atoms with van der Waals surface area (Å²) in [5.74, 6) is -6.97. The van der Waals surface area contributed by atoms with Crippen molar-refractivity contribution in [2.45, 2.75) is 6.92 Å². The van der Waals surface area contributed by atoms with Gasteiger partial charge < -0.3 is 10.6 Å². The third-order valence-electron chi connectivity index (χ3n) is 2.64. The predicted octanol–water partition coefficient (Wildman–Crippen LogP) is 2.38. The Morgan fingerprint density at radius 2 is 1.64 bits per heavy atom. The molecule has 0 fully saturated rings. The first-order chi connectivity index (χ1) is 10.4. The van der Waals surface area contributed by atoms with Crippen LogP contribution in [0.3, 0.4) is 0 Å². The summed E-state index contributed by atoms with van der Waals surface area (Å²) >= 11 is 0. The molecule has 1 aromatic heterocycles. The lowest BCUT2D eigenvalue weighted by molar-refractivity contribution is -0.133. The van der Waals surface area contributed by atoms with Crippen LogP contribution in [0.2, 0.25) is 0 Å². The predicted molar refractivity (Wildman–Crippen MR) is 72.5 cm³/mol. The number of anilines is 2. The van der Waals surface area contributed by atoms with Crippen molar-refractivity contribution in [1.29, 1.82) is 0 Å². The average molecular weight is 309 g/mol. The second-order valence-electron chi connectivity index (χ2n) is 4.35. The van der Waals surface area contributed by atoms with E-state index in [2.05, 4.69) is 10.3 Å². The summed E-state index contributed by atoms with van der Waals surface area (Å²) in [6.07, 6.45) is 1.47. The van der Waals surface area contributed by atoms with Crippen LogP contribution in [-0.4, -0.2) is 16.8 Å². The lowest BCUT2D eigenvalue weighted by atomic mass is 10.2. The molecule has 0 aliphatic carbocycles. The number of pyridine rings is 1. The zero-order valence-corrected chi connectivity index (χ0v) is 11.3. The summed E-state index contributed by atoms with van der Waals surface area (Å²) in [5.41, 5.74) is 0.210. The minimum Gasteiger partial charge on any atom is -0.315 e. The summed E-state index contributed by atoms with van der Waals surface area (Å²) in [4.78, 5) is 27.1. The Hall–Kier alpha value is -2.90. The number of hydrogen-bond acceptors (Lipinski definition) is 3. The maximum absolute atomic E-state index is 13.4. The lowest BCUT2D eigenvalue weighted by Crippen LogP contribution is -2.29. The number of amides is 2. The van der Waals surface area contributed by atoms with Crippen molar-refractivity contribution >= 4 is 23.3 Å². The molecule has 0 aliphatic rings. The molecular formula is C14H10F3N3O2. The highest BCUT2D eigenvalue weighted by Crippen LogP contribution is 2.19. The lowest BCUT2D eigenvalue weighted by Gasteiger charge is -2.07. The van der Waals surface area contributed by atoms with Gasteiger partial charge in [-0.25, -0.2) is 18.2 Å². The number of rotatable bonds is 2. The van der Waals surface area contributed by atoms with Crippen LogP contribution >= 0.6 is 0 Å². The van der Waals surface area contributed by atoms with Crippen molar-refractivity contribution in [3.8, 4) is 0 Å². The summed E-state index contributed by atoms with van der Waals surface area (Å²) in [6.45, 7) is 1.79. The first-order valence-electron chi connectivity index (χ1n) is 6.07. The molecule has 2 N–H and O–H groups in total. The standard InChI is InChI=1S/C14H10F3N3O2/c1-7-2-5-10(18-6-7)20-14(22)13(21)19-9-4-3-8(15)11(16)12(9)17/h2-6H,1H3,(H,19,21)(H,18,20,22). The van der Waals surface area contributed by atoms with Gasteiger partial charge in [-0.05, 0) is 30.7 Å². The summed E-state index contributed by atoms with van der Waals surface area (Å²) in [7, 11) is 0. The molecule has 0 bridgehead atoms.